The maximum atomic E-state index is 12.9. The highest BCUT2D eigenvalue weighted by molar-refractivity contribution is 6.31. The third-order valence-electron chi connectivity index (χ3n) is 2.52. The summed E-state index contributed by atoms with van der Waals surface area (Å²) < 4.78 is 17.9. The quantitative estimate of drug-likeness (QED) is 0.924. The second kappa shape index (κ2) is 5.23. The van der Waals surface area contributed by atoms with Crippen molar-refractivity contribution in [2.45, 2.75) is 13.0 Å². The molecule has 1 atom stereocenters. The summed E-state index contributed by atoms with van der Waals surface area (Å²) in [6, 6.07) is 6.92. The van der Waals surface area contributed by atoms with Crippen molar-refractivity contribution in [2.24, 2.45) is 0 Å². The minimum absolute atomic E-state index is 0.222. The van der Waals surface area contributed by atoms with Gasteiger partial charge in [-0.25, -0.2) is 4.39 Å². The van der Waals surface area contributed by atoms with Gasteiger partial charge >= 0.3 is 0 Å². The molecule has 0 saturated heterocycles. The van der Waals surface area contributed by atoms with Gasteiger partial charge < -0.3 is 9.73 Å². The molecule has 18 heavy (non-hydrogen) atoms. The van der Waals surface area contributed by atoms with Gasteiger partial charge in [0.2, 0.25) is 0 Å². The molecule has 1 aromatic heterocycles. The van der Waals surface area contributed by atoms with Gasteiger partial charge in [0.1, 0.15) is 5.82 Å². The van der Waals surface area contributed by atoms with Crippen molar-refractivity contribution in [3.05, 3.63) is 58.8 Å². The van der Waals surface area contributed by atoms with Gasteiger partial charge in [-0.2, -0.15) is 0 Å². The van der Waals surface area contributed by atoms with Gasteiger partial charge in [-0.1, -0.05) is 17.7 Å². The van der Waals surface area contributed by atoms with Crippen LogP contribution in [-0.2, 0) is 0 Å². The number of carbonyl (C=O) groups excluding carboxylic acids is 1. The van der Waals surface area contributed by atoms with Gasteiger partial charge in [0.05, 0.1) is 12.3 Å². The van der Waals surface area contributed by atoms with Crippen LogP contribution in [0, 0.1) is 5.82 Å². The monoisotopic (exact) mass is 267 g/mol. The van der Waals surface area contributed by atoms with Crippen LogP contribution in [0.5, 0.6) is 0 Å². The third-order valence-corrected chi connectivity index (χ3v) is 2.85. The third kappa shape index (κ3) is 2.71. The van der Waals surface area contributed by atoms with Crippen molar-refractivity contribution < 1.29 is 13.6 Å². The van der Waals surface area contributed by atoms with Gasteiger partial charge in [0.15, 0.2) is 5.76 Å². The maximum Gasteiger partial charge on any atom is 0.287 e. The van der Waals surface area contributed by atoms with Crippen molar-refractivity contribution in [2.75, 3.05) is 0 Å². The Labute approximate surface area is 109 Å². The normalized spacial score (nSPS) is 12.2. The van der Waals surface area contributed by atoms with Crippen LogP contribution in [0.4, 0.5) is 4.39 Å². The lowest BCUT2D eigenvalue weighted by atomic mass is 10.1. The molecule has 0 radical (unpaired) electrons. The average molecular weight is 268 g/mol. The standard InChI is InChI=1S/C13H11ClFNO2/c1-8(10-5-4-9(15)7-11(10)14)16-13(17)12-3-2-6-18-12/h2-8H,1H3,(H,16,17). The van der Waals surface area contributed by atoms with Gasteiger partial charge in [-0.15, -0.1) is 0 Å². The first kappa shape index (κ1) is 12.6. The van der Waals surface area contributed by atoms with Crippen LogP contribution < -0.4 is 5.32 Å². The predicted octanol–water partition coefficient (Wildman–Crippen LogP) is 3.56. The molecule has 0 bridgehead atoms. The molecule has 0 saturated carbocycles. The Balaban J connectivity index is 2.12. The van der Waals surface area contributed by atoms with Crippen molar-refractivity contribution in [1.29, 1.82) is 0 Å². The van der Waals surface area contributed by atoms with E-state index in [9.17, 15) is 9.18 Å². The fourth-order valence-corrected chi connectivity index (χ4v) is 1.94. The van der Waals surface area contributed by atoms with Gasteiger partial charge in [0, 0.05) is 5.02 Å². The van der Waals surface area contributed by atoms with E-state index < -0.39 is 5.82 Å². The maximum absolute atomic E-state index is 12.9. The molecule has 5 heteroatoms. The number of carbonyl (C=O) groups is 1. The SMILES string of the molecule is CC(NC(=O)c1ccco1)c1ccc(F)cc1Cl. The lowest BCUT2D eigenvalue weighted by Gasteiger charge is -2.14. The van der Waals surface area contributed by atoms with Crippen LogP contribution in [0.1, 0.15) is 29.1 Å². The highest BCUT2D eigenvalue weighted by Gasteiger charge is 2.15. The molecule has 1 aromatic carbocycles. The van der Waals surface area contributed by atoms with Crippen LogP contribution in [0.25, 0.3) is 0 Å². The molecule has 0 aliphatic carbocycles. The van der Waals surface area contributed by atoms with Gasteiger partial charge in [-0.3, -0.25) is 4.79 Å². The van der Waals surface area contributed by atoms with Crippen LogP contribution in [0.15, 0.2) is 41.0 Å². The molecule has 2 aromatic rings. The van der Waals surface area contributed by atoms with E-state index in [1.54, 1.807) is 25.1 Å². The molecular formula is C13H11ClFNO2. The van der Waals surface area contributed by atoms with Gasteiger partial charge in [0.25, 0.3) is 5.91 Å². The number of furan rings is 1. The average Bonchev–Trinajstić information content (AvgIpc) is 2.81. The van der Waals surface area contributed by atoms with Crippen LogP contribution >= 0.6 is 11.6 Å². The zero-order valence-corrected chi connectivity index (χ0v) is 10.4. The zero-order valence-electron chi connectivity index (χ0n) is 9.61. The highest BCUT2D eigenvalue weighted by atomic mass is 35.5. The summed E-state index contributed by atoms with van der Waals surface area (Å²) in [5, 5.41) is 3.00. The van der Waals surface area contributed by atoms with E-state index in [-0.39, 0.29) is 22.7 Å². The highest BCUT2D eigenvalue weighted by Crippen LogP contribution is 2.23. The van der Waals surface area contributed by atoms with E-state index in [4.69, 9.17) is 16.0 Å². The van der Waals surface area contributed by atoms with E-state index in [0.717, 1.165) is 0 Å². The summed E-state index contributed by atoms with van der Waals surface area (Å²) in [5.74, 6) is -0.527. The Morgan fingerprint density at radius 3 is 2.83 bits per heavy atom. The molecule has 1 N–H and O–H groups in total. The van der Waals surface area contributed by atoms with Crippen molar-refractivity contribution >= 4 is 17.5 Å². The summed E-state index contributed by atoms with van der Waals surface area (Å²) in [6.07, 6.45) is 1.42. The smallest absolute Gasteiger partial charge is 0.287 e. The molecule has 0 aliphatic rings. The second-order valence-corrected chi connectivity index (χ2v) is 4.25. The second-order valence-electron chi connectivity index (χ2n) is 3.84. The molecule has 0 fully saturated rings. The Morgan fingerprint density at radius 1 is 1.44 bits per heavy atom. The van der Waals surface area contributed by atoms with E-state index in [2.05, 4.69) is 5.32 Å². The summed E-state index contributed by atoms with van der Waals surface area (Å²) in [6.45, 7) is 1.76. The number of nitrogens with one attached hydrogen (secondary N) is 1. The molecule has 0 aliphatic heterocycles. The Hall–Kier alpha value is -1.81. The first-order valence-electron chi connectivity index (χ1n) is 5.37. The minimum atomic E-state index is -0.409. The fraction of sp³-hybridized carbons (Fsp3) is 0.154. The Bertz CT molecular complexity index is 554. The molecule has 1 amide bonds. The van der Waals surface area contributed by atoms with Crippen LogP contribution in [-0.4, -0.2) is 5.91 Å². The summed E-state index contributed by atoms with van der Waals surface area (Å²) >= 11 is 5.92. The largest absolute Gasteiger partial charge is 0.459 e. The first-order chi connectivity index (χ1) is 8.58. The lowest BCUT2D eigenvalue weighted by molar-refractivity contribution is 0.0912. The van der Waals surface area contributed by atoms with Crippen LogP contribution in [0.2, 0.25) is 5.02 Å². The summed E-state index contributed by atoms with van der Waals surface area (Å²) in [7, 11) is 0. The molecule has 94 valence electrons. The van der Waals surface area contributed by atoms with E-state index >= 15 is 0 Å². The summed E-state index contributed by atoms with van der Waals surface area (Å²) in [5.41, 5.74) is 0.651. The Kier molecular flexibility index (Phi) is 3.67. The van der Waals surface area contributed by atoms with Crippen molar-refractivity contribution in [3.8, 4) is 0 Å². The Morgan fingerprint density at radius 2 is 2.22 bits per heavy atom. The number of hydrogen-bond acceptors (Lipinski definition) is 2. The van der Waals surface area contributed by atoms with Gasteiger partial charge in [-0.05, 0) is 36.8 Å². The number of benzene rings is 1. The lowest BCUT2D eigenvalue weighted by Crippen LogP contribution is -2.26. The zero-order chi connectivity index (χ0) is 13.1. The van der Waals surface area contributed by atoms with E-state index in [0.29, 0.717) is 5.56 Å². The molecule has 1 unspecified atom stereocenters. The number of hydrogen-bond donors (Lipinski definition) is 1. The summed E-state index contributed by atoms with van der Waals surface area (Å²) in [4.78, 5) is 11.7. The molecular weight excluding hydrogens is 257 g/mol. The molecule has 0 spiro atoms. The number of rotatable bonds is 3. The predicted molar refractivity (Wildman–Crippen MR) is 66.0 cm³/mol. The van der Waals surface area contributed by atoms with Crippen molar-refractivity contribution in [3.63, 3.8) is 0 Å². The fourth-order valence-electron chi connectivity index (χ4n) is 1.61. The number of halogens is 2. The number of amides is 1. The molecule has 1 heterocycles. The van der Waals surface area contributed by atoms with Crippen molar-refractivity contribution in [1.82, 2.24) is 5.32 Å². The topological polar surface area (TPSA) is 42.2 Å². The van der Waals surface area contributed by atoms with Crippen LogP contribution in [0.3, 0.4) is 0 Å². The van der Waals surface area contributed by atoms with E-state index in [1.807, 2.05) is 0 Å². The molecule has 3 nitrogen and oxygen atoms in total. The molecule has 2 rings (SSSR count). The van der Waals surface area contributed by atoms with E-state index in [1.165, 1.54) is 18.4 Å². The first-order valence-corrected chi connectivity index (χ1v) is 5.75. The minimum Gasteiger partial charge on any atom is -0.459 e.